The molecule has 0 unspecified atom stereocenters. The number of nitrogens with two attached hydrogens (primary N) is 1. The zero-order valence-electron chi connectivity index (χ0n) is 8.00. The van der Waals surface area contributed by atoms with Crippen LogP contribution in [-0.4, -0.2) is 23.9 Å². The third-order valence-electron chi connectivity index (χ3n) is 1.83. The van der Waals surface area contributed by atoms with E-state index < -0.39 is 0 Å². The molecule has 0 bridgehead atoms. The molecule has 0 aliphatic carbocycles. The van der Waals surface area contributed by atoms with Gasteiger partial charge in [0.2, 0.25) is 5.91 Å². The lowest BCUT2D eigenvalue weighted by molar-refractivity contribution is -0.119. The van der Waals surface area contributed by atoms with E-state index in [1.807, 2.05) is 24.0 Å². The Morgan fingerprint density at radius 2 is 2.36 bits per heavy atom. The number of rotatable bonds is 5. The molecule has 1 aromatic heterocycles. The molecule has 0 fully saturated rings. The van der Waals surface area contributed by atoms with Gasteiger partial charge in [-0.3, -0.25) is 9.69 Å². The molecule has 0 spiro atoms. The second kappa shape index (κ2) is 5.34. The summed E-state index contributed by atoms with van der Waals surface area (Å²) in [5.74, 6) is -0.297. The highest BCUT2D eigenvalue weighted by atomic mass is 35.5. The molecule has 2 N–H and O–H groups in total. The van der Waals surface area contributed by atoms with Gasteiger partial charge in [-0.25, -0.2) is 0 Å². The van der Waals surface area contributed by atoms with E-state index in [1.165, 1.54) is 11.3 Å². The fourth-order valence-electron chi connectivity index (χ4n) is 1.16. The number of thiophene rings is 1. The average molecular weight is 233 g/mol. The Morgan fingerprint density at radius 3 is 2.79 bits per heavy atom. The largest absolute Gasteiger partial charge is 0.369 e. The van der Waals surface area contributed by atoms with Crippen LogP contribution in [0.2, 0.25) is 4.34 Å². The maximum absolute atomic E-state index is 10.7. The van der Waals surface area contributed by atoms with Gasteiger partial charge in [0.05, 0.1) is 10.9 Å². The van der Waals surface area contributed by atoms with E-state index in [0.29, 0.717) is 6.54 Å². The van der Waals surface area contributed by atoms with Gasteiger partial charge in [-0.2, -0.15) is 0 Å². The Bertz CT molecular complexity index is 314. The van der Waals surface area contributed by atoms with Crippen LogP contribution in [0.4, 0.5) is 0 Å². The van der Waals surface area contributed by atoms with E-state index in [9.17, 15) is 4.79 Å². The lowest BCUT2D eigenvalue weighted by atomic mass is 10.4. The van der Waals surface area contributed by atoms with Crippen molar-refractivity contribution in [1.29, 1.82) is 0 Å². The molecule has 14 heavy (non-hydrogen) atoms. The van der Waals surface area contributed by atoms with Crippen LogP contribution in [0.25, 0.3) is 0 Å². The third-order valence-corrected chi connectivity index (χ3v) is 3.05. The second-order valence-electron chi connectivity index (χ2n) is 2.98. The van der Waals surface area contributed by atoms with Crippen molar-refractivity contribution in [1.82, 2.24) is 4.90 Å². The smallest absolute Gasteiger partial charge is 0.231 e. The Kier molecular flexibility index (Phi) is 4.38. The third kappa shape index (κ3) is 3.65. The number of nitrogens with zero attached hydrogens (tertiary/aromatic N) is 1. The Balaban J connectivity index is 2.52. The van der Waals surface area contributed by atoms with Gasteiger partial charge >= 0.3 is 0 Å². The minimum Gasteiger partial charge on any atom is -0.369 e. The normalized spacial score (nSPS) is 10.8. The van der Waals surface area contributed by atoms with Gasteiger partial charge in [0, 0.05) is 11.4 Å². The van der Waals surface area contributed by atoms with Crippen LogP contribution in [0, 0.1) is 0 Å². The molecule has 1 rings (SSSR count). The van der Waals surface area contributed by atoms with Crippen LogP contribution in [0.5, 0.6) is 0 Å². The molecule has 5 heteroatoms. The molecule has 1 aromatic rings. The summed E-state index contributed by atoms with van der Waals surface area (Å²) in [6.45, 7) is 3.83. The SMILES string of the molecule is CCN(CC(N)=O)Cc1ccc(Cl)s1. The molecular weight excluding hydrogens is 220 g/mol. The average Bonchev–Trinajstić information content (AvgIpc) is 2.49. The van der Waals surface area contributed by atoms with Crippen LogP contribution in [-0.2, 0) is 11.3 Å². The summed E-state index contributed by atoms with van der Waals surface area (Å²) in [7, 11) is 0. The van der Waals surface area contributed by atoms with Crippen LogP contribution in [0.1, 0.15) is 11.8 Å². The number of hydrogen-bond acceptors (Lipinski definition) is 3. The van der Waals surface area contributed by atoms with Gasteiger partial charge in [-0.05, 0) is 18.7 Å². The molecule has 0 aromatic carbocycles. The van der Waals surface area contributed by atoms with E-state index in [4.69, 9.17) is 17.3 Å². The quantitative estimate of drug-likeness (QED) is 0.840. The molecule has 0 saturated heterocycles. The molecule has 0 saturated carbocycles. The highest BCUT2D eigenvalue weighted by Crippen LogP contribution is 2.22. The number of likely N-dealkylation sites (N-methyl/N-ethyl adjacent to an activating group) is 1. The van der Waals surface area contributed by atoms with Crippen LogP contribution < -0.4 is 5.73 Å². The first-order valence-corrected chi connectivity index (χ1v) is 5.56. The minimum atomic E-state index is -0.297. The predicted molar refractivity (Wildman–Crippen MR) is 59.5 cm³/mol. The molecule has 78 valence electrons. The zero-order valence-corrected chi connectivity index (χ0v) is 9.57. The lowest BCUT2D eigenvalue weighted by Gasteiger charge is -2.16. The zero-order chi connectivity index (χ0) is 10.6. The van der Waals surface area contributed by atoms with Crippen LogP contribution >= 0.6 is 22.9 Å². The summed E-state index contributed by atoms with van der Waals surface area (Å²) in [5, 5.41) is 0. The highest BCUT2D eigenvalue weighted by Gasteiger charge is 2.07. The predicted octanol–water partition coefficient (Wildman–Crippen LogP) is 1.71. The summed E-state index contributed by atoms with van der Waals surface area (Å²) in [6, 6.07) is 3.83. The molecule has 0 radical (unpaired) electrons. The number of amides is 1. The van der Waals surface area contributed by atoms with Gasteiger partial charge in [-0.15, -0.1) is 11.3 Å². The summed E-state index contributed by atoms with van der Waals surface area (Å²) < 4.78 is 0.773. The second-order valence-corrected chi connectivity index (χ2v) is 4.78. The maximum Gasteiger partial charge on any atom is 0.231 e. The fraction of sp³-hybridized carbons (Fsp3) is 0.444. The van der Waals surface area contributed by atoms with E-state index in [1.54, 1.807) is 0 Å². The van der Waals surface area contributed by atoms with Crippen molar-refractivity contribution in [3.05, 3.63) is 21.3 Å². The van der Waals surface area contributed by atoms with Crippen molar-refractivity contribution in [2.75, 3.05) is 13.1 Å². The molecule has 3 nitrogen and oxygen atoms in total. The minimum absolute atomic E-state index is 0.297. The fourth-order valence-corrected chi connectivity index (χ4v) is 2.29. The van der Waals surface area contributed by atoms with Crippen molar-refractivity contribution < 1.29 is 4.79 Å². The molecule has 1 amide bonds. The van der Waals surface area contributed by atoms with E-state index >= 15 is 0 Å². The standard InChI is InChI=1S/C9H13ClN2OS/c1-2-12(6-9(11)13)5-7-3-4-8(10)14-7/h3-4H,2,5-6H2,1H3,(H2,11,13). The van der Waals surface area contributed by atoms with Gasteiger partial charge in [0.15, 0.2) is 0 Å². The summed E-state index contributed by atoms with van der Waals surface area (Å²) in [4.78, 5) is 13.8. The summed E-state index contributed by atoms with van der Waals surface area (Å²) >= 11 is 7.33. The monoisotopic (exact) mass is 232 g/mol. The van der Waals surface area contributed by atoms with Crippen molar-refractivity contribution in [3.8, 4) is 0 Å². The van der Waals surface area contributed by atoms with E-state index in [2.05, 4.69) is 0 Å². The molecular formula is C9H13ClN2OS. The Labute approximate surface area is 92.5 Å². The molecule has 1 heterocycles. The summed E-state index contributed by atoms with van der Waals surface area (Å²) in [6.07, 6.45) is 0. The first-order valence-electron chi connectivity index (χ1n) is 4.36. The van der Waals surface area contributed by atoms with E-state index in [0.717, 1.165) is 22.3 Å². The number of carbonyl (C=O) groups is 1. The van der Waals surface area contributed by atoms with Crippen molar-refractivity contribution >= 4 is 28.8 Å². The van der Waals surface area contributed by atoms with Gasteiger partial charge in [0.1, 0.15) is 0 Å². The van der Waals surface area contributed by atoms with Crippen LogP contribution in [0.3, 0.4) is 0 Å². The first-order chi connectivity index (χ1) is 6.61. The topological polar surface area (TPSA) is 46.3 Å². The lowest BCUT2D eigenvalue weighted by Crippen LogP contribution is -2.32. The van der Waals surface area contributed by atoms with Crippen LogP contribution in [0.15, 0.2) is 12.1 Å². The van der Waals surface area contributed by atoms with Gasteiger partial charge < -0.3 is 5.73 Å². The number of primary amides is 1. The van der Waals surface area contributed by atoms with Crippen molar-refractivity contribution in [3.63, 3.8) is 0 Å². The van der Waals surface area contributed by atoms with Gasteiger partial charge in [0.25, 0.3) is 0 Å². The Hall–Kier alpha value is -0.580. The molecule has 0 atom stereocenters. The first kappa shape index (κ1) is 11.5. The summed E-state index contributed by atoms with van der Waals surface area (Å²) in [5.41, 5.74) is 5.12. The molecule has 0 aliphatic heterocycles. The number of carbonyl (C=O) groups excluding carboxylic acids is 1. The number of halogens is 1. The molecule has 0 aliphatic rings. The maximum atomic E-state index is 10.7. The Morgan fingerprint density at radius 1 is 1.64 bits per heavy atom. The highest BCUT2D eigenvalue weighted by molar-refractivity contribution is 7.16. The van der Waals surface area contributed by atoms with Crippen molar-refractivity contribution in [2.45, 2.75) is 13.5 Å². The van der Waals surface area contributed by atoms with E-state index in [-0.39, 0.29) is 5.91 Å². The van der Waals surface area contributed by atoms with Gasteiger partial charge in [-0.1, -0.05) is 18.5 Å². The van der Waals surface area contributed by atoms with Crippen molar-refractivity contribution in [2.24, 2.45) is 5.73 Å². The number of hydrogen-bond donors (Lipinski definition) is 1.